The third-order valence-electron chi connectivity index (χ3n) is 2.66. The standard InChI is InChI=1S/C14H7Br2ClF2O/c15-8-3-7(4-9(17)5-8)13(20)6-10-12(18)2-1-11(16)14(10)19/h1-5H,6H2. The molecule has 0 saturated carbocycles. The molecule has 2 aromatic carbocycles. The summed E-state index contributed by atoms with van der Waals surface area (Å²) < 4.78 is 28.2. The number of hydrogen-bond donors (Lipinski definition) is 0. The first kappa shape index (κ1) is 15.6. The Morgan fingerprint density at radius 1 is 1.15 bits per heavy atom. The summed E-state index contributed by atoms with van der Waals surface area (Å²) in [6.45, 7) is 0. The van der Waals surface area contributed by atoms with E-state index in [0.717, 1.165) is 6.07 Å². The highest BCUT2D eigenvalue weighted by Gasteiger charge is 2.17. The van der Waals surface area contributed by atoms with Crippen LogP contribution < -0.4 is 0 Å². The first-order chi connectivity index (χ1) is 9.38. The van der Waals surface area contributed by atoms with E-state index < -0.39 is 17.4 Å². The molecule has 0 spiro atoms. The van der Waals surface area contributed by atoms with Gasteiger partial charge >= 0.3 is 0 Å². The van der Waals surface area contributed by atoms with Crippen LogP contribution in [0.2, 0.25) is 5.02 Å². The lowest BCUT2D eigenvalue weighted by Crippen LogP contribution is -2.08. The van der Waals surface area contributed by atoms with Crippen LogP contribution in [0.15, 0.2) is 39.3 Å². The molecule has 0 radical (unpaired) electrons. The van der Waals surface area contributed by atoms with Gasteiger partial charge in [0.15, 0.2) is 5.78 Å². The molecule has 6 heteroatoms. The van der Waals surface area contributed by atoms with E-state index in [0.29, 0.717) is 15.1 Å². The second-order valence-corrected chi connectivity index (χ2v) is 6.29. The maximum atomic E-state index is 13.8. The Labute approximate surface area is 136 Å². The summed E-state index contributed by atoms with van der Waals surface area (Å²) in [5.41, 5.74) is 0.0311. The molecule has 1 nitrogen and oxygen atoms in total. The molecule has 0 N–H and O–H groups in total. The highest BCUT2D eigenvalue weighted by atomic mass is 79.9. The fourth-order valence-electron chi connectivity index (χ4n) is 1.71. The van der Waals surface area contributed by atoms with E-state index >= 15 is 0 Å². The minimum Gasteiger partial charge on any atom is -0.294 e. The Bertz CT molecular complexity index is 669. The molecule has 0 fully saturated rings. The molecule has 104 valence electrons. The predicted molar refractivity (Wildman–Crippen MR) is 81.2 cm³/mol. The van der Waals surface area contributed by atoms with Gasteiger partial charge in [0, 0.05) is 27.0 Å². The molecule has 0 amide bonds. The van der Waals surface area contributed by atoms with Crippen LogP contribution in [0.25, 0.3) is 0 Å². The Morgan fingerprint density at radius 3 is 2.50 bits per heavy atom. The summed E-state index contributed by atoms with van der Waals surface area (Å²) >= 11 is 12.0. The van der Waals surface area contributed by atoms with Gasteiger partial charge in [0.25, 0.3) is 0 Å². The topological polar surface area (TPSA) is 17.1 Å². The molecular formula is C14H7Br2ClF2O. The number of benzene rings is 2. The molecule has 20 heavy (non-hydrogen) atoms. The van der Waals surface area contributed by atoms with Crippen molar-refractivity contribution in [1.82, 2.24) is 0 Å². The highest BCUT2D eigenvalue weighted by Crippen LogP contribution is 2.25. The monoisotopic (exact) mass is 422 g/mol. The smallest absolute Gasteiger partial charge is 0.167 e. The summed E-state index contributed by atoms with van der Waals surface area (Å²) in [5.74, 6) is -1.93. The third kappa shape index (κ3) is 3.45. The number of halogens is 5. The van der Waals surface area contributed by atoms with Crippen LogP contribution in [0.4, 0.5) is 8.78 Å². The van der Waals surface area contributed by atoms with Crippen molar-refractivity contribution in [2.75, 3.05) is 0 Å². The lowest BCUT2D eigenvalue weighted by atomic mass is 10.0. The van der Waals surface area contributed by atoms with E-state index in [2.05, 4.69) is 31.9 Å². The SMILES string of the molecule is O=C(Cc1c(F)ccc(Br)c1F)c1cc(Cl)cc(Br)c1. The number of ketones is 1. The molecule has 2 aromatic rings. The zero-order valence-electron chi connectivity index (χ0n) is 9.89. The fraction of sp³-hybridized carbons (Fsp3) is 0.0714. The van der Waals surface area contributed by atoms with E-state index in [1.54, 1.807) is 12.1 Å². The van der Waals surface area contributed by atoms with Crippen LogP contribution >= 0.6 is 43.5 Å². The molecule has 0 bridgehead atoms. The van der Waals surface area contributed by atoms with Crippen molar-refractivity contribution in [2.24, 2.45) is 0 Å². The summed E-state index contributed by atoms with van der Waals surface area (Å²) in [4.78, 5) is 12.1. The zero-order valence-corrected chi connectivity index (χ0v) is 13.8. The molecular weight excluding hydrogens is 417 g/mol. The van der Waals surface area contributed by atoms with Crippen LogP contribution in [-0.4, -0.2) is 5.78 Å². The van der Waals surface area contributed by atoms with Crippen LogP contribution in [0.5, 0.6) is 0 Å². The van der Waals surface area contributed by atoms with Crippen molar-refractivity contribution in [3.63, 3.8) is 0 Å². The Balaban J connectivity index is 2.35. The second-order valence-electron chi connectivity index (χ2n) is 4.08. The maximum absolute atomic E-state index is 13.8. The molecule has 0 aromatic heterocycles. The lowest BCUT2D eigenvalue weighted by Gasteiger charge is -2.07. The molecule has 0 heterocycles. The van der Waals surface area contributed by atoms with Crippen molar-refractivity contribution in [2.45, 2.75) is 6.42 Å². The first-order valence-electron chi connectivity index (χ1n) is 5.50. The predicted octanol–water partition coefficient (Wildman–Crippen LogP) is 5.57. The van der Waals surface area contributed by atoms with Crippen LogP contribution in [0, 0.1) is 11.6 Å². The second kappa shape index (κ2) is 6.33. The average Bonchev–Trinajstić information content (AvgIpc) is 2.38. The van der Waals surface area contributed by atoms with E-state index in [1.165, 1.54) is 12.1 Å². The van der Waals surface area contributed by atoms with Crippen molar-refractivity contribution >= 4 is 49.2 Å². The van der Waals surface area contributed by atoms with Gasteiger partial charge in [-0.3, -0.25) is 4.79 Å². The van der Waals surface area contributed by atoms with E-state index in [1.807, 2.05) is 0 Å². The molecule has 0 aliphatic carbocycles. The Morgan fingerprint density at radius 2 is 1.85 bits per heavy atom. The highest BCUT2D eigenvalue weighted by molar-refractivity contribution is 9.10. The van der Waals surface area contributed by atoms with Crippen molar-refractivity contribution < 1.29 is 13.6 Å². The van der Waals surface area contributed by atoms with Crippen LogP contribution in [0.1, 0.15) is 15.9 Å². The fourth-order valence-corrected chi connectivity index (χ4v) is 2.94. The summed E-state index contributed by atoms with van der Waals surface area (Å²) in [7, 11) is 0. The van der Waals surface area contributed by atoms with Crippen molar-refractivity contribution in [1.29, 1.82) is 0 Å². The first-order valence-corrected chi connectivity index (χ1v) is 7.46. The lowest BCUT2D eigenvalue weighted by molar-refractivity contribution is 0.0990. The van der Waals surface area contributed by atoms with Gasteiger partial charge in [-0.05, 0) is 46.3 Å². The van der Waals surface area contributed by atoms with Gasteiger partial charge in [0.1, 0.15) is 11.6 Å². The number of carbonyl (C=O) groups excluding carboxylic acids is 1. The van der Waals surface area contributed by atoms with Gasteiger partial charge in [-0.2, -0.15) is 0 Å². The largest absolute Gasteiger partial charge is 0.294 e. The summed E-state index contributed by atoms with van der Waals surface area (Å²) in [5, 5.41) is 0.373. The molecule has 0 unspecified atom stereocenters. The number of Topliss-reactive ketones (excluding diaryl/α,β-unsaturated/α-hetero) is 1. The van der Waals surface area contributed by atoms with Gasteiger partial charge < -0.3 is 0 Å². The van der Waals surface area contributed by atoms with Crippen LogP contribution in [-0.2, 0) is 6.42 Å². The van der Waals surface area contributed by atoms with E-state index in [9.17, 15) is 13.6 Å². The van der Waals surface area contributed by atoms with E-state index in [-0.39, 0.29) is 16.5 Å². The minimum absolute atomic E-state index is 0.119. The van der Waals surface area contributed by atoms with Gasteiger partial charge in [-0.1, -0.05) is 27.5 Å². The summed E-state index contributed by atoms with van der Waals surface area (Å²) in [6.07, 6.45) is -0.371. The van der Waals surface area contributed by atoms with Gasteiger partial charge in [-0.25, -0.2) is 8.78 Å². The Kier molecular flexibility index (Phi) is 4.94. The zero-order chi connectivity index (χ0) is 14.9. The molecule has 0 saturated heterocycles. The summed E-state index contributed by atoms with van der Waals surface area (Å²) in [6, 6.07) is 7.02. The minimum atomic E-state index is -0.764. The average molecular weight is 424 g/mol. The molecule has 2 rings (SSSR count). The van der Waals surface area contributed by atoms with Crippen molar-refractivity contribution in [3.05, 3.63) is 67.1 Å². The van der Waals surface area contributed by atoms with E-state index in [4.69, 9.17) is 11.6 Å². The van der Waals surface area contributed by atoms with Gasteiger partial charge in [0.05, 0.1) is 4.47 Å². The maximum Gasteiger partial charge on any atom is 0.167 e. The van der Waals surface area contributed by atoms with Gasteiger partial charge in [-0.15, -0.1) is 0 Å². The number of rotatable bonds is 3. The van der Waals surface area contributed by atoms with Crippen molar-refractivity contribution in [3.8, 4) is 0 Å². The quantitative estimate of drug-likeness (QED) is 0.465. The molecule has 0 aliphatic heterocycles. The van der Waals surface area contributed by atoms with Gasteiger partial charge in [0.2, 0.25) is 0 Å². The van der Waals surface area contributed by atoms with Crippen LogP contribution in [0.3, 0.4) is 0 Å². The Hall–Kier alpha value is -0.780. The number of carbonyl (C=O) groups is 1. The molecule has 0 aliphatic rings. The molecule has 0 atom stereocenters. The number of hydrogen-bond acceptors (Lipinski definition) is 1. The normalized spacial score (nSPS) is 10.7. The third-order valence-corrected chi connectivity index (χ3v) is 3.95.